The van der Waals surface area contributed by atoms with Crippen LogP contribution in [0.15, 0.2) is 22.5 Å². The monoisotopic (exact) mass is 334 g/mol. The average molecular weight is 335 g/mol. The van der Waals surface area contributed by atoms with Gasteiger partial charge in [-0.2, -0.15) is 0 Å². The van der Waals surface area contributed by atoms with Gasteiger partial charge in [0.25, 0.3) is 0 Å². The molecular weight excluding hydrogens is 312 g/mol. The van der Waals surface area contributed by atoms with E-state index in [9.17, 15) is 0 Å². The van der Waals surface area contributed by atoms with Crippen LogP contribution in [0.5, 0.6) is 0 Å². The Kier molecular flexibility index (Phi) is 5.10. The van der Waals surface area contributed by atoms with Crippen molar-refractivity contribution in [2.24, 2.45) is 16.6 Å². The molecule has 4 nitrogen and oxygen atoms in total. The third kappa shape index (κ3) is 4.08. The maximum Gasteiger partial charge on any atom is 0.188 e. The zero-order valence-electron chi connectivity index (χ0n) is 12.8. The number of hydrogen-bond donors (Lipinski definition) is 2. The molecule has 0 aliphatic heterocycles. The Morgan fingerprint density at radius 1 is 1.45 bits per heavy atom. The van der Waals surface area contributed by atoms with Gasteiger partial charge in [-0.25, -0.2) is 4.98 Å². The summed E-state index contributed by atoms with van der Waals surface area (Å²) in [5.41, 5.74) is 6.99. The molecule has 0 radical (unpaired) electrons. The second-order valence-corrected chi connectivity index (χ2v) is 7.95. The van der Waals surface area contributed by atoms with Gasteiger partial charge in [0.15, 0.2) is 5.96 Å². The van der Waals surface area contributed by atoms with Crippen molar-refractivity contribution in [3.05, 3.63) is 27.4 Å². The van der Waals surface area contributed by atoms with Gasteiger partial charge in [0.1, 0.15) is 0 Å². The summed E-state index contributed by atoms with van der Waals surface area (Å²) in [4.78, 5) is 11.5. The first kappa shape index (κ1) is 15.5. The predicted molar refractivity (Wildman–Crippen MR) is 95.7 cm³/mol. The Balaban J connectivity index is 1.44. The lowest BCUT2D eigenvalue weighted by Gasteiger charge is -2.23. The van der Waals surface area contributed by atoms with Crippen molar-refractivity contribution < 1.29 is 0 Å². The number of thiazole rings is 1. The molecule has 0 spiro atoms. The van der Waals surface area contributed by atoms with Crippen LogP contribution in [0.4, 0.5) is 0 Å². The Morgan fingerprint density at radius 3 is 3.00 bits per heavy atom. The van der Waals surface area contributed by atoms with Crippen LogP contribution in [-0.2, 0) is 6.42 Å². The Morgan fingerprint density at radius 2 is 2.32 bits per heavy atom. The minimum Gasteiger partial charge on any atom is -0.370 e. The van der Waals surface area contributed by atoms with E-state index in [4.69, 9.17) is 5.73 Å². The summed E-state index contributed by atoms with van der Waals surface area (Å²) >= 11 is 3.50. The van der Waals surface area contributed by atoms with E-state index in [-0.39, 0.29) is 0 Å². The number of aromatic nitrogens is 1. The normalized spacial score (nSPS) is 15.8. The van der Waals surface area contributed by atoms with E-state index in [0.717, 1.165) is 36.1 Å². The topological polar surface area (TPSA) is 63.3 Å². The number of nitrogens with one attached hydrogen (secondary N) is 1. The number of aryl methyl sites for hydroxylation is 1. The molecule has 0 unspecified atom stereocenters. The summed E-state index contributed by atoms with van der Waals surface area (Å²) in [6.45, 7) is 3.75. The van der Waals surface area contributed by atoms with E-state index in [0.29, 0.717) is 5.96 Å². The van der Waals surface area contributed by atoms with Crippen molar-refractivity contribution >= 4 is 28.6 Å². The quantitative estimate of drug-likeness (QED) is 0.628. The SMILES string of the molecule is Cc1nc(-c2ccc(CCNC(N)=NCC3CCC3)s2)cs1. The van der Waals surface area contributed by atoms with E-state index >= 15 is 0 Å². The van der Waals surface area contributed by atoms with Crippen LogP contribution in [0.3, 0.4) is 0 Å². The molecule has 1 saturated carbocycles. The molecule has 6 heteroatoms. The summed E-state index contributed by atoms with van der Waals surface area (Å²) in [5, 5.41) is 6.44. The van der Waals surface area contributed by atoms with Crippen LogP contribution in [0.2, 0.25) is 0 Å². The minimum atomic E-state index is 0.582. The fourth-order valence-corrected chi connectivity index (χ4v) is 4.05. The molecule has 2 aromatic rings. The first-order chi connectivity index (χ1) is 10.7. The average Bonchev–Trinajstić information content (AvgIpc) is 3.06. The van der Waals surface area contributed by atoms with Crippen LogP contribution in [-0.4, -0.2) is 24.0 Å². The van der Waals surface area contributed by atoms with Gasteiger partial charge < -0.3 is 11.1 Å². The van der Waals surface area contributed by atoms with Crippen molar-refractivity contribution in [3.63, 3.8) is 0 Å². The number of aliphatic imine (C=N–C) groups is 1. The Bertz CT molecular complexity index is 640. The molecular formula is C16H22N4S2. The second-order valence-electron chi connectivity index (χ2n) is 5.72. The van der Waals surface area contributed by atoms with Crippen molar-refractivity contribution in [2.75, 3.05) is 13.1 Å². The number of thiophene rings is 1. The van der Waals surface area contributed by atoms with E-state index < -0.39 is 0 Å². The van der Waals surface area contributed by atoms with Gasteiger partial charge in [-0.1, -0.05) is 6.42 Å². The first-order valence-electron chi connectivity index (χ1n) is 7.76. The van der Waals surface area contributed by atoms with Gasteiger partial charge >= 0.3 is 0 Å². The van der Waals surface area contributed by atoms with Gasteiger partial charge in [0.05, 0.1) is 15.6 Å². The largest absolute Gasteiger partial charge is 0.370 e. The molecule has 0 aromatic carbocycles. The van der Waals surface area contributed by atoms with Gasteiger partial charge in [-0.05, 0) is 44.2 Å². The highest BCUT2D eigenvalue weighted by Crippen LogP contribution is 2.29. The Labute approximate surface area is 139 Å². The summed E-state index contributed by atoms with van der Waals surface area (Å²) in [7, 11) is 0. The lowest BCUT2D eigenvalue weighted by atomic mass is 9.86. The highest BCUT2D eigenvalue weighted by Gasteiger charge is 2.16. The molecule has 1 aliphatic carbocycles. The zero-order valence-corrected chi connectivity index (χ0v) is 14.5. The number of guanidine groups is 1. The fraction of sp³-hybridized carbons (Fsp3) is 0.500. The molecule has 22 heavy (non-hydrogen) atoms. The standard InChI is InChI=1S/C16H22N4S2/c1-11-20-14(10-21-11)15-6-5-13(22-15)7-8-18-16(17)19-9-12-3-2-4-12/h5-6,10,12H,2-4,7-9H2,1H3,(H3,17,18,19). The zero-order chi connectivity index (χ0) is 15.4. The van der Waals surface area contributed by atoms with Crippen molar-refractivity contribution in [2.45, 2.75) is 32.6 Å². The lowest BCUT2D eigenvalue weighted by molar-refractivity contribution is 0.326. The smallest absolute Gasteiger partial charge is 0.188 e. The summed E-state index contributed by atoms with van der Waals surface area (Å²) in [6.07, 6.45) is 4.94. The number of nitrogens with zero attached hydrogens (tertiary/aromatic N) is 2. The summed E-state index contributed by atoms with van der Waals surface area (Å²) in [5.74, 6) is 1.35. The van der Waals surface area contributed by atoms with Crippen molar-refractivity contribution in [1.29, 1.82) is 0 Å². The summed E-state index contributed by atoms with van der Waals surface area (Å²) < 4.78 is 0. The molecule has 1 aliphatic rings. The van der Waals surface area contributed by atoms with E-state index in [1.807, 2.05) is 6.92 Å². The molecule has 3 N–H and O–H groups in total. The lowest BCUT2D eigenvalue weighted by Crippen LogP contribution is -2.34. The van der Waals surface area contributed by atoms with Gasteiger partial charge in [-0.3, -0.25) is 4.99 Å². The van der Waals surface area contributed by atoms with E-state index in [1.54, 1.807) is 22.7 Å². The fourth-order valence-electron chi connectivity index (χ4n) is 2.40. The van der Waals surface area contributed by atoms with Crippen LogP contribution in [0, 0.1) is 12.8 Å². The molecule has 2 heterocycles. The van der Waals surface area contributed by atoms with Crippen LogP contribution < -0.4 is 11.1 Å². The maximum atomic E-state index is 5.90. The van der Waals surface area contributed by atoms with Gasteiger partial charge in [-0.15, -0.1) is 22.7 Å². The third-order valence-corrected chi connectivity index (χ3v) is 5.90. The number of rotatable bonds is 6. The molecule has 118 valence electrons. The van der Waals surface area contributed by atoms with Crippen molar-refractivity contribution in [1.82, 2.24) is 10.3 Å². The van der Waals surface area contributed by atoms with E-state index in [2.05, 4.69) is 32.8 Å². The molecule has 0 amide bonds. The highest BCUT2D eigenvalue weighted by molar-refractivity contribution is 7.16. The van der Waals surface area contributed by atoms with Crippen LogP contribution in [0.1, 0.15) is 29.1 Å². The first-order valence-corrected chi connectivity index (χ1v) is 9.45. The summed E-state index contributed by atoms with van der Waals surface area (Å²) in [6, 6.07) is 4.33. The number of hydrogen-bond acceptors (Lipinski definition) is 4. The van der Waals surface area contributed by atoms with E-state index in [1.165, 1.54) is 29.0 Å². The maximum absolute atomic E-state index is 5.90. The Hall–Kier alpha value is -1.40. The van der Waals surface area contributed by atoms with Crippen molar-refractivity contribution in [3.8, 4) is 10.6 Å². The molecule has 0 atom stereocenters. The second kappa shape index (κ2) is 7.24. The molecule has 0 saturated heterocycles. The molecule has 0 bridgehead atoms. The molecule has 3 rings (SSSR count). The minimum absolute atomic E-state index is 0.582. The molecule has 2 aromatic heterocycles. The van der Waals surface area contributed by atoms with Crippen LogP contribution in [0.25, 0.3) is 10.6 Å². The predicted octanol–water partition coefficient (Wildman–Crippen LogP) is 3.43. The van der Waals surface area contributed by atoms with Crippen LogP contribution >= 0.6 is 22.7 Å². The molecule has 1 fully saturated rings. The third-order valence-electron chi connectivity index (χ3n) is 3.96. The number of nitrogens with two attached hydrogens (primary N) is 1. The van der Waals surface area contributed by atoms with Gasteiger partial charge in [0.2, 0.25) is 0 Å². The van der Waals surface area contributed by atoms with Gasteiger partial charge in [0, 0.05) is 23.3 Å². The highest BCUT2D eigenvalue weighted by atomic mass is 32.1.